The Balaban J connectivity index is 4.47. The van der Waals surface area contributed by atoms with Crippen molar-refractivity contribution >= 4 is 17.9 Å². The monoisotopic (exact) mass is 781 g/mol. The molecule has 1 atom stereocenters. The SMILES string of the molecule is CC/C=C\C/C=C\C/C=C\CCCCCC(=O)OC(COC(=O)CCCCCCC/C=C\C/C=C\CCCC)COC(=O)CCCCCCC/C=C\CCCC. The van der Waals surface area contributed by atoms with Crippen LogP contribution >= 0.6 is 0 Å². The van der Waals surface area contributed by atoms with Crippen LogP contribution in [0.4, 0.5) is 0 Å². The van der Waals surface area contributed by atoms with Gasteiger partial charge in [-0.3, -0.25) is 14.4 Å². The second-order valence-corrected chi connectivity index (χ2v) is 14.9. The summed E-state index contributed by atoms with van der Waals surface area (Å²) >= 11 is 0. The number of hydrogen-bond acceptors (Lipinski definition) is 6. The van der Waals surface area contributed by atoms with Gasteiger partial charge in [0.15, 0.2) is 6.10 Å². The Labute approximate surface area is 344 Å². The largest absolute Gasteiger partial charge is 0.462 e. The van der Waals surface area contributed by atoms with Gasteiger partial charge in [-0.15, -0.1) is 0 Å². The maximum atomic E-state index is 12.7. The number of rotatable bonds is 40. The van der Waals surface area contributed by atoms with Crippen molar-refractivity contribution in [1.82, 2.24) is 0 Å². The topological polar surface area (TPSA) is 78.9 Å². The Kier molecular flexibility index (Phi) is 42.1. The normalized spacial score (nSPS) is 12.7. The fourth-order valence-corrected chi connectivity index (χ4v) is 5.92. The zero-order valence-electron chi connectivity index (χ0n) is 36.4. The molecule has 6 heteroatoms. The number of carbonyl (C=O) groups is 3. The minimum absolute atomic E-state index is 0.0973. The average molecular weight is 781 g/mol. The van der Waals surface area contributed by atoms with Crippen molar-refractivity contribution in [1.29, 1.82) is 0 Å². The molecule has 0 saturated heterocycles. The number of carbonyl (C=O) groups excluding carboxylic acids is 3. The first-order valence-electron chi connectivity index (χ1n) is 22.9. The summed E-state index contributed by atoms with van der Waals surface area (Å²) in [6.45, 7) is 6.38. The molecule has 0 aromatic heterocycles. The van der Waals surface area contributed by atoms with Gasteiger partial charge in [0.1, 0.15) is 13.2 Å². The van der Waals surface area contributed by atoms with E-state index in [0.29, 0.717) is 12.8 Å². The van der Waals surface area contributed by atoms with Crippen LogP contribution in [0.25, 0.3) is 0 Å². The summed E-state index contributed by atoms with van der Waals surface area (Å²) in [4.78, 5) is 37.7. The first kappa shape index (κ1) is 52.9. The molecular formula is C50H84O6. The first-order valence-corrected chi connectivity index (χ1v) is 22.9. The summed E-state index contributed by atoms with van der Waals surface area (Å²) in [7, 11) is 0. The van der Waals surface area contributed by atoms with Crippen LogP contribution in [0.1, 0.15) is 207 Å². The third-order valence-corrected chi connectivity index (χ3v) is 9.41. The molecule has 0 heterocycles. The van der Waals surface area contributed by atoms with Gasteiger partial charge in [0, 0.05) is 19.3 Å². The molecule has 0 aliphatic rings. The Bertz CT molecular complexity index is 1080. The van der Waals surface area contributed by atoms with Gasteiger partial charge < -0.3 is 14.2 Å². The molecule has 0 bridgehead atoms. The Hall–Kier alpha value is -3.15. The predicted molar refractivity (Wildman–Crippen MR) is 238 cm³/mol. The highest BCUT2D eigenvalue weighted by molar-refractivity contribution is 5.71. The van der Waals surface area contributed by atoms with Crippen LogP contribution in [0, 0.1) is 0 Å². The third-order valence-electron chi connectivity index (χ3n) is 9.41. The van der Waals surface area contributed by atoms with Crippen LogP contribution in [0.15, 0.2) is 72.9 Å². The molecular weight excluding hydrogens is 697 g/mol. The highest BCUT2D eigenvalue weighted by Crippen LogP contribution is 2.12. The van der Waals surface area contributed by atoms with Gasteiger partial charge >= 0.3 is 17.9 Å². The summed E-state index contributed by atoms with van der Waals surface area (Å²) in [5.74, 6) is -0.957. The van der Waals surface area contributed by atoms with E-state index in [9.17, 15) is 14.4 Å². The molecule has 0 aliphatic heterocycles. The third kappa shape index (κ3) is 42.0. The molecule has 0 radical (unpaired) electrons. The van der Waals surface area contributed by atoms with Gasteiger partial charge in [0.05, 0.1) is 0 Å². The van der Waals surface area contributed by atoms with Gasteiger partial charge in [0.25, 0.3) is 0 Å². The van der Waals surface area contributed by atoms with Crippen LogP contribution in [-0.2, 0) is 28.6 Å². The van der Waals surface area contributed by atoms with Crippen LogP contribution in [-0.4, -0.2) is 37.2 Å². The fourth-order valence-electron chi connectivity index (χ4n) is 5.92. The van der Waals surface area contributed by atoms with Crippen molar-refractivity contribution in [3.8, 4) is 0 Å². The predicted octanol–water partition coefficient (Wildman–Crippen LogP) is 14.7. The minimum atomic E-state index is -0.797. The molecule has 0 amide bonds. The Morgan fingerprint density at radius 2 is 0.696 bits per heavy atom. The lowest BCUT2D eigenvalue weighted by Gasteiger charge is -2.18. The number of unbranched alkanes of at least 4 members (excludes halogenated alkanes) is 17. The number of hydrogen-bond donors (Lipinski definition) is 0. The van der Waals surface area contributed by atoms with E-state index in [1.807, 2.05) is 0 Å². The average Bonchev–Trinajstić information content (AvgIpc) is 3.19. The molecule has 0 aromatic carbocycles. The molecule has 56 heavy (non-hydrogen) atoms. The molecule has 0 aromatic rings. The van der Waals surface area contributed by atoms with Crippen LogP contribution in [0.3, 0.4) is 0 Å². The maximum Gasteiger partial charge on any atom is 0.306 e. The molecule has 0 aliphatic carbocycles. The second kappa shape index (κ2) is 44.6. The van der Waals surface area contributed by atoms with Crippen molar-refractivity contribution in [2.45, 2.75) is 213 Å². The van der Waals surface area contributed by atoms with Crippen LogP contribution in [0.2, 0.25) is 0 Å². The highest BCUT2D eigenvalue weighted by atomic mass is 16.6. The molecule has 0 spiro atoms. The molecule has 0 fully saturated rings. The quantitative estimate of drug-likeness (QED) is 0.0267. The van der Waals surface area contributed by atoms with Crippen LogP contribution in [0.5, 0.6) is 0 Å². The van der Waals surface area contributed by atoms with Crippen molar-refractivity contribution in [3.63, 3.8) is 0 Å². The van der Waals surface area contributed by atoms with E-state index in [2.05, 4.69) is 93.7 Å². The molecule has 6 nitrogen and oxygen atoms in total. The van der Waals surface area contributed by atoms with Gasteiger partial charge in [-0.2, -0.15) is 0 Å². The van der Waals surface area contributed by atoms with E-state index >= 15 is 0 Å². The molecule has 1 unspecified atom stereocenters. The highest BCUT2D eigenvalue weighted by Gasteiger charge is 2.19. The summed E-state index contributed by atoms with van der Waals surface area (Å²) in [5.41, 5.74) is 0. The first-order chi connectivity index (χ1) is 27.5. The van der Waals surface area contributed by atoms with Crippen molar-refractivity contribution < 1.29 is 28.6 Å². The summed E-state index contributed by atoms with van der Waals surface area (Å²) < 4.78 is 16.7. The zero-order chi connectivity index (χ0) is 40.8. The zero-order valence-corrected chi connectivity index (χ0v) is 36.4. The van der Waals surface area contributed by atoms with E-state index in [-0.39, 0.29) is 37.5 Å². The standard InChI is InChI=1S/C50H84O6/c1-4-7-10-13-16-19-22-24-26-28-31-34-37-40-43-49(52)55-46-47(45-54-48(51)42-39-36-33-30-27-21-18-15-12-9-6-3)56-50(53)44-41-38-35-32-29-25-23-20-17-14-11-8-5-2/h8,11,13,15-18,20,22,24-25,29,47H,4-7,9-10,12,14,19,21,23,26-28,30-46H2,1-3H3/b11-8-,16-13-,18-15-,20-17-,24-22-,29-25-. The number of esters is 3. The van der Waals surface area contributed by atoms with Gasteiger partial charge in [-0.1, -0.05) is 164 Å². The van der Waals surface area contributed by atoms with Crippen molar-refractivity contribution in [3.05, 3.63) is 72.9 Å². The van der Waals surface area contributed by atoms with E-state index in [4.69, 9.17) is 14.2 Å². The smallest absolute Gasteiger partial charge is 0.306 e. The molecule has 0 rings (SSSR count). The van der Waals surface area contributed by atoms with E-state index in [1.165, 1.54) is 44.9 Å². The number of ether oxygens (including phenoxy) is 3. The summed E-state index contributed by atoms with van der Waals surface area (Å²) in [6.07, 6.45) is 54.5. The van der Waals surface area contributed by atoms with Gasteiger partial charge in [0.2, 0.25) is 0 Å². The van der Waals surface area contributed by atoms with E-state index < -0.39 is 6.10 Å². The van der Waals surface area contributed by atoms with E-state index in [1.54, 1.807) is 0 Å². The fraction of sp³-hybridized carbons (Fsp3) is 0.700. The lowest BCUT2D eigenvalue weighted by Crippen LogP contribution is -2.30. The maximum absolute atomic E-state index is 12.7. The lowest BCUT2D eigenvalue weighted by molar-refractivity contribution is -0.167. The molecule has 0 N–H and O–H groups in total. The van der Waals surface area contributed by atoms with Gasteiger partial charge in [-0.25, -0.2) is 0 Å². The summed E-state index contributed by atoms with van der Waals surface area (Å²) in [6, 6.07) is 0. The second-order valence-electron chi connectivity index (χ2n) is 14.9. The molecule has 320 valence electrons. The Morgan fingerprint density at radius 1 is 0.375 bits per heavy atom. The van der Waals surface area contributed by atoms with Gasteiger partial charge in [-0.05, 0) is 96.3 Å². The van der Waals surface area contributed by atoms with E-state index in [0.717, 1.165) is 122 Å². The van der Waals surface area contributed by atoms with Crippen LogP contribution < -0.4 is 0 Å². The lowest BCUT2D eigenvalue weighted by atomic mass is 10.1. The molecule has 0 saturated carbocycles. The van der Waals surface area contributed by atoms with Crippen molar-refractivity contribution in [2.24, 2.45) is 0 Å². The summed E-state index contributed by atoms with van der Waals surface area (Å²) in [5, 5.41) is 0. The van der Waals surface area contributed by atoms with Crippen molar-refractivity contribution in [2.75, 3.05) is 13.2 Å². The number of allylic oxidation sites excluding steroid dienone is 12. The Morgan fingerprint density at radius 3 is 1.12 bits per heavy atom. The minimum Gasteiger partial charge on any atom is -0.462 e.